The summed E-state index contributed by atoms with van der Waals surface area (Å²) in [4.78, 5) is 20.7. The van der Waals surface area contributed by atoms with Crippen molar-refractivity contribution in [1.82, 2.24) is 0 Å². The van der Waals surface area contributed by atoms with Crippen molar-refractivity contribution >= 4 is 11.8 Å². The maximum atomic E-state index is 10.5. The van der Waals surface area contributed by atoms with Crippen LogP contribution in [0.1, 0.15) is 6.92 Å². The second-order valence-corrected chi connectivity index (χ2v) is 1.99. The van der Waals surface area contributed by atoms with E-state index < -0.39 is 23.9 Å². The van der Waals surface area contributed by atoms with Crippen molar-refractivity contribution < 1.29 is 19.8 Å². The highest BCUT2D eigenvalue weighted by Crippen LogP contribution is 2.00. The number of carbonyl (C=O) groups excluding carboxylic acids is 1. The Morgan fingerprint density at radius 3 is 2.00 bits per heavy atom. The van der Waals surface area contributed by atoms with Gasteiger partial charge in [0, 0.05) is 0 Å². The first-order valence-electron chi connectivity index (χ1n) is 2.59. The third-order valence-electron chi connectivity index (χ3n) is 1.26. The van der Waals surface area contributed by atoms with Crippen molar-refractivity contribution in [2.45, 2.75) is 12.5 Å². The Bertz CT molecular complexity index is 151. The SMILES string of the molecule is CC(=O)[C@@](N)(CO)C(=O)O. The van der Waals surface area contributed by atoms with Gasteiger partial charge in [-0.15, -0.1) is 0 Å². The lowest BCUT2D eigenvalue weighted by atomic mass is 9.98. The Morgan fingerprint density at radius 2 is 2.00 bits per heavy atom. The van der Waals surface area contributed by atoms with Gasteiger partial charge in [-0.3, -0.25) is 4.79 Å². The molecule has 0 amide bonds. The number of rotatable bonds is 3. The molecule has 0 saturated carbocycles. The fraction of sp³-hybridized carbons (Fsp3) is 0.600. The molecule has 58 valence electrons. The Labute approximate surface area is 57.5 Å². The molecule has 0 radical (unpaired) electrons. The van der Waals surface area contributed by atoms with Crippen molar-refractivity contribution in [3.63, 3.8) is 0 Å². The van der Waals surface area contributed by atoms with E-state index in [2.05, 4.69) is 0 Å². The minimum Gasteiger partial charge on any atom is -0.479 e. The van der Waals surface area contributed by atoms with Crippen molar-refractivity contribution in [2.24, 2.45) is 5.73 Å². The Hall–Kier alpha value is -0.940. The van der Waals surface area contributed by atoms with E-state index >= 15 is 0 Å². The smallest absolute Gasteiger partial charge is 0.333 e. The van der Waals surface area contributed by atoms with Gasteiger partial charge >= 0.3 is 5.97 Å². The maximum Gasteiger partial charge on any atom is 0.333 e. The molecule has 0 fully saturated rings. The summed E-state index contributed by atoms with van der Waals surface area (Å²) in [7, 11) is 0. The van der Waals surface area contributed by atoms with Crippen LogP contribution in [0.3, 0.4) is 0 Å². The highest BCUT2D eigenvalue weighted by molar-refractivity contribution is 6.06. The van der Waals surface area contributed by atoms with Crippen LogP contribution in [0.15, 0.2) is 0 Å². The van der Waals surface area contributed by atoms with Crippen LogP contribution in [0.4, 0.5) is 0 Å². The summed E-state index contributed by atoms with van der Waals surface area (Å²) in [5.41, 5.74) is 2.86. The molecule has 0 aliphatic carbocycles. The van der Waals surface area contributed by atoms with Gasteiger partial charge in [0.2, 0.25) is 0 Å². The molecule has 0 aliphatic heterocycles. The lowest BCUT2D eigenvalue weighted by Gasteiger charge is -2.17. The Balaban J connectivity index is 4.55. The molecule has 0 unspecified atom stereocenters. The summed E-state index contributed by atoms with van der Waals surface area (Å²) >= 11 is 0. The summed E-state index contributed by atoms with van der Waals surface area (Å²) < 4.78 is 0. The second kappa shape index (κ2) is 2.76. The first kappa shape index (κ1) is 9.06. The first-order valence-corrected chi connectivity index (χ1v) is 2.59. The van der Waals surface area contributed by atoms with E-state index in [9.17, 15) is 9.59 Å². The van der Waals surface area contributed by atoms with Gasteiger partial charge in [0.25, 0.3) is 0 Å². The zero-order valence-electron chi connectivity index (χ0n) is 5.50. The van der Waals surface area contributed by atoms with Crippen LogP contribution in [0.2, 0.25) is 0 Å². The van der Waals surface area contributed by atoms with Crippen molar-refractivity contribution in [1.29, 1.82) is 0 Å². The van der Waals surface area contributed by atoms with Gasteiger partial charge in [-0.2, -0.15) is 0 Å². The molecule has 1 atom stereocenters. The summed E-state index contributed by atoms with van der Waals surface area (Å²) in [6.45, 7) is 0.141. The van der Waals surface area contributed by atoms with Gasteiger partial charge in [0.05, 0.1) is 6.61 Å². The number of carbonyl (C=O) groups is 2. The number of ketones is 1. The van der Waals surface area contributed by atoms with Crippen LogP contribution in [0, 0.1) is 0 Å². The second-order valence-electron chi connectivity index (χ2n) is 1.99. The largest absolute Gasteiger partial charge is 0.479 e. The monoisotopic (exact) mass is 147 g/mol. The lowest BCUT2D eigenvalue weighted by molar-refractivity contribution is -0.149. The van der Waals surface area contributed by atoms with Crippen LogP contribution < -0.4 is 5.73 Å². The van der Waals surface area contributed by atoms with Gasteiger partial charge in [0.15, 0.2) is 11.3 Å². The molecular weight excluding hydrogens is 138 g/mol. The number of carboxylic acids is 1. The summed E-state index contributed by atoms with van der Waals surface area (Å²) in [6, 6.07) is 0. The van der Waals surface area contributed by atoms with Crippen molar-refractivity contribution in [3.05, 3.63) is 0 Å². The number of hydrogen-bond donors (Lipinski definition) is 3. The van der Waals surface area contributed by atoms with E-state index in [-0.39, 0.29) is 0 Å². The number of carboxylic acid groups (broad SMARTS) is 1. The average molecular weight is 147 g/mol. The third kappa shape index (κ3) is 1.31. The van der Waals surface area contributed by atoms with Crippen molar-refractivity contribution in [3.8, 4) is 0 Å². The molecule has 0 aromatic heterocycles. The molecule has 0 saturated heterocycles. The van der Waals surface area contributed by atoms with E-state index in [4.69, 9.17) is 15.9 Å². The number of aliphatic hydroxyl groups excluding tert-OH is 1. The zero-order chi connectivity index (χ0) is 8.36. The number of nitrogens with two attached hydrogens (primary N) is 1. The van der Waals surface area contributed by atoms with E-state index in [1.165, 1.54) is 0 Å². The highest BCUT2D eigenvalue weighted by atomic mass is 16.4. The molecule has 5 heteroatoms. The standard InChI is InChI=1S/C5H9NO4/c1-3(8)5(6,2-7)4(9)10/h7H,2,6H2,1H3,(H,9,10)/t5-/m0/s1. The summed E-state index contributed by atoms with van der Waals surface area (Å²) in [6.07, 6.45) is 0. The normalized spacial score (nSPS) is 15.9. The van der Waals surface area contributed by atoms with E-state index in [1.807, 2.05) is 0 Å². The van der Waals surface area contributed by atoms with Crippen LogP contribution in [-0.2, 0) is 9.59 Å². The Morgan fingerprint density at radius 1 is 1.60 bits per heavy atom. The molecule has 10 heavy (non-hydrogen) atoms. The number of aliphatic carboxylic acids is 1. The molecule has 0 rings (SSSR count). The minimum atomic E-state index is -2.12. The van der Waals surface area contributed by atoms with E-state index in [0.29, 0.717) is 0 Å². The van der Waals surface area contributed by atoms with Crippen LogP contribution >= 0.6 is 0 Å². The molecule has 0 aliphatic rings. The van der Waals surface area contributed by atoms with E-state index in [0.717, 1.165) is 6.92 Å². The maximum absolute atomic E-state index is 10.5. The molecular formula is C5H9NO4. The molecule has 0 heterocycles. The fourth-order valence-corrected chi connectivity index (χ4v) is 0.330. The lowest BCUT2D eigenvalue weighted by Crippen LogP contribution is -2.56. The van der Waals surface area contributed by atoms with Crippen LogP contribution in [0.25, 0.3) is 0 Å². The number of aliphatic hydroxyl groups is 1. The predicted molar refractivity (Wildman–Crippen MR) is 32.3 cm³/mol. The van der Waals surface area contributed by atoms with Gasteiger partial charge in [0.1, 0.15) is 0 Å². The molecule has 0 aromatic carbocycles. The molecule has 4 N–H and O–H groups in total. The summed E-state index contributed by atoms with van der Waals surface area (Å²) in [5, 5.41) is 16.7. The quantitative estimate of drug-likeness (QED) is 0.415. The Kier molecular flexibility index (Phi) is 2.50. The molecule has 0 aromatic rings. The van der Waals surface area contributed by atoms with Crippen molar-refractivity contribution in [2.75, 3.05) is 6.61 Å². The highest BCUT2D eigenvalue weighted by Gasteiger charge is 2.38. The van der Waals surface area contributed by atoms with Gasteiger partial charge in [-0.25, -0.2) is 4.79 Å². The number of hydrogen-bond acceptors (Lipinski definition) is 4. The van der Waals surface area contributed by atoms with Crippen LogP contribution in [0.5, 0.6) is 0 Å². The summed E-state index contributed by atoms with van der Waals surface area (Å²) in [5.74, 6) is -2.27. The molecule has 5 nitrogen and oxygen atoms in total. The van der Waals surface area contributed by atoms with Crippen LogP contribution in [-0.4, -0.2) is 34.1 Å². The molecule has 0 bridgehead atoms. The predicted octanol–water partition coefficient (Wildman–Crippen LogP) is -1.65. The number of Topliss-reactive ketones (excluding diaryl/α,β-unsaturated/α-hetero) is 1. The van der Waals surface area contributed by atoms with Gasteiger partial charge in [-0.1, -0.05) is 0 Å². The minimum absolute atomic E-state index is 0.762. The zero-order valence-corrected chi connectivity index (χ0v) is 5.50. The van der Waals surface area contributed by atoms with E-state index in [1.54, 1.807) is 0 Å². The van der Waals surface area contributed by atoms with Gasteiger partial charge < -0.3 is 15.9 Å². The topological polar surface area (TPSA) is 101 Å². The average Bonchev–Trinajstić information content (AvgIpc) is 1.85. The molecule has 0 spiro atoms. The fourth-order valence-electron chi connectivity index (χ4n) is 0.330. The first-order chi connectivity index (χ1) is 4.45. The van der Waals surface area contributed by atoms with Gasteiger partial charge in [-0.05, 0) is 6.92 Å². The third-order valence-corrected chi connectivity index (χ3v) is 1.26.